The van der Waals surface area contributed by atoms with E-state index in [1.165, 1.54) is 4.90 Å². The zero-order valence-corrected chi connectivity index (χ0v) is 10.2. The summed E-state index contributed by atoms with van der Waals surface area (Å²) in [6.07, 6.45) is 1.89. The Kier molecular flexibility index (Phi) is 6.88. The standard InChI is InChI=1S/C10H20N4O3/c1-14(2)10(17)7(5-3-4-6-11)13-9(16)8(12)15/h7H,3-6,11H2,1-2H3,(H2,12,15)(H,13,16)/t7-/m0/s1. The first kappa shape index (κ1) is 15.4. The Morgan fingerprint density at radius 3 is 2.24 bits per heavy atom. The molecule has 0 saturated heterocycles. The van der Waals surface area contributed by atoms with Gasteiger partial charge in [-0.15, -0.1) is 0 Å². The van der Waals surface area contributed by atoms with Crippen LogP contribution in [0.4, 0.5) is 0 Å². The number of likely N-dealkylation sites (N-methyl/N-ethyl adjacent to an activating group) is 1. The maximum absolute atomic E-state index is 11.7. The lowest BCUT2D eigenvalue weighted by Gasteiger charge is -2.20. The van der Waals surface area contributed by atoms with E-state index in [0.717, 1.165) is 6.42 Å². The number of hydrogen-bond donors (Lipinski definition) is 3. The minimum atomic E-state index is -1.10. The molecule has 0 aromatic rings. The quantitative estimate of drug-likeness (QED) is 0.376. The molecule has 0 saturated carbocycles. The van der Waals surface area contributed by atoms with Crippen LogP contribution in [0, 0.1) is 0 Å². The molecule has 98 valence electrons. The van der Waals surface area contributed by atoms with Crippen LogP contribution in [0.5, 0.6) is 0 Å². The maximum Gasteiger partial charge on any atom is 0.309 e. The second-order valence-electron chi connectivity index (χ2n) is 3.91. The SMILES string of the molecule is CN(C)C(=O)[C@H](CCCCN)NC(=O)C(N)=O. The van der Waals surface area contributed by atoms with Gasteiger partial charge in [-0.2, -0.15) is 0 Å². The summed E-state index contributed by atoms with van der Waals surface area (Å²) in [5.74, 6) is -2.31. The molecular formula is C10H20N4O3. The van der Waals surface area contributed by atoms with Gasteiger partial charge in [0.15, 0.2) is 0 Å². The zero-order valence-electron chi connectivity index (χ0n) is 10.2. The summed E-state index contributed by atoms with van der Waals surface area (Å²) >= 11 is 0. The Morgan fingerprint density at radius 1 is 1.24 bits per heavy atom. The molecule has 3 amide bonds. The van der Waals surface area contributed by atoms with E-state index in [4.69, 9.17) is 11.5 Å². The molecule has 1 atom stereocenters. The van der Waals surface area contributed by atoms with E-state index in [9.17, 15) is 14.4 Å². The minimum Gasteiger partial charge on any atom is -0.361 e. The molecule has 7 heteroatoms. The van der Waals surface area contributed by atoms with E-state index in [2.05, 4.69) is 5.32 Å². The molecular weight excluding hydrogens is 224 g/mol. The third kappa shape index (κ3) is 5.86. The van der Waals surface area contributed by atoms with E-state index in [1.807, 2.05) is 0 Å². The summed E-state index contributed by atoms with van der Waals surface area (Å²) in [4.78, 5) is 34.8. The molecule has 0 aliphatic carbocycles. The van der Waals surface area contributed by atoms with Crippen molar-refractivity contribution in [2.24, 2.45) is 11.5 Å². The number of nitrogens with two attached hydrogens (primary N) is 2. The fourth-order valence-electron chi connectivity index (χ4n) is 1.29. The van der Waals surface area contributed by atoms with Gasteiger partial charge in [0.25, 0.3) is 0 Å². The van der Waals surface area contributed by atoms with Gasteiger partial charge in [0.05, 0.1) is 0 Å². The normalized spacial score (nSPS) is 11.7. The summed E-state index contributed by atoms with van der Waals surface area (Å²) < 4.78 is 0. The van der Waals surface area contributed by atoms with E-state index in [0.29, 0.717) is 19.4 Å². The first-order valence-corrected chi connectivity index (χ1v) is 5.41. The zero-order chi connectivity index (χ0) is 13.4. The van der Waals surface area contributed by atoms with Crippen molar-refractivity contribution in [1.29, 1.82) is 0 Å². The average molecular weight is 244 g/mol. The molecule has 0 aromatic heterocycles. The predicted molar refractivity (Wildman–Crippen MR) is 62.7 cm³/mol. The molecule has 5 N–H and O–H groups in total. The minimum absolute atomic E-state index is 0.267. The molecule has 17 heavy (non-hydrogen) atoms. The summed E-state index contributed by atoms with van der Waals surface area (Å²) in [6.45, 7) is 0.520. The molecule has 0 heterocycles. The van der Waals surface area contributed by atoms with Gasteiger partial charge in [0.1, 0.15) is 6.04 Å². The molecule has 0 rings (SSSR count). The van der Waals surface area contributed by atoms with Gasteiger partial charge < -0.3 is 21.7 Å². The lowest BCUT2D eigenvalue weighted by Crippen LogP contribution is -2.49. The number of nitrogens with one attached hydrogen (secondary N) is 1. The highest BCUT2D eigenvalue weighted by molar-refractivity contribution is 6.34. The van der Waals surface area contributed by atoms with Gasteiger partial charge in [-0.25, -0.2) is 0 Å². The maximum atomic E-state index is 11.7. The van der Waals surface area contributed by atoms with Crippen molar-refractivity contribution in [3.63, 3.8) is 0 Å². The molecule has 7 nitrogen and oxygen atoms in total. The lowest BCUT2D eigenvalue weighted by molar-refractivity contribution is -0.140. The molecule has 0 spiro atoms. The van der Waals surface area contributed by atoms with Crippen LogP contribution in [0.2, 0.25) is 0 Å². The Hall–Kier alpha value is -1.63. The smallest absolute Gasteiger partial charge is 0.309 e. The lowest BCUT2D eigenvalue weighted by atomic mass is 10.1. The van der Waals surface area contributed by atoms with Gasteiger partial charge in [-0.3, -0.25) is 14.4 Å². The van der Waals surface area contributed by atoms with Crippen LogP contribution in [0.3, 0.4) is 0 Å². The van der Waals surface area contributed by atoms with Gasteiger partial charge in [-0.1, -0.05) is 0 Å². The van der Waals surface area contributed by atoms with Crippen LogP contribution < -0.4 is 16.8 Å². The van der Waals surface area contributed by atoms with E-state index >= 15 is 0 Å². The largest absolute Gasteiger partial charge is 0.361 e. The number of hydrogen-bond acceptors (Lipinski definition) is 4. The highest BCUT2D eigenvalue weighted by atomic mass is 16.2. The fourth-order valence-corrected chi connectivity index (χ4v) is 1.29. The first-order chi connectivity index (χ1) is 7.90. The van der Waals surface area contributed by atoms with Crippen molar-refractivity contribution in [2.45, 2.75) is 25.3 Å². The third-order valence-corrected chi connectivity index (χ3v) is 2.21. The van der Waals surface area contributed by atoms with Crippen molar-refractivity contribution in [1.82, 2.24) is 10.2 Å². The number of carbonyl (C=O) groups excluding carboxylic acids is 3. The van der Waals surface area contributed by atoms with Gasteiger partial charge in [-0.05, 0) is 25.8 Å². The van der Waals surface area contributed by atoms with Crippen molar-refractivity contribution < 1.29 is 14.4 Å². The number of amides is 3. The molecule has 0 radical (unpaired) electrons. The fraction of sp³-hybridized carbons (Fsp3) is 0.700. The molecule has 0 fully saturated rings. The van der Waals surface area contributed by atoms with Crippen LogP contribution in [0.1, 0.15) is 19.3 Å². The Morgan fingerprint density at radius 2 is 1.82 bits per heavy atom. The van der Waals surface area contributed by atoms with Crippen molar-refractivity contribution in [3.8, 4) is 0 Å². The van der Waals surface area contributed by atoms with Crippen LogP contribution >= 0.6 is 0 Å². The van der Waals surface area contributed by atoms with Crippen LogP contribution in [0.25, 0.3) is 0 Å². The third-order valence-electron chi connectivity index (χ3n) is 2.21. The van der Waals surface area contributed by atoms with Gasteiger partial charge in [0.2, 0.25) is 5.91 Å². The Labute approximate surface area is 100 Å². The summed E-state index contributed by atoms with van der Waals surface area (Å²) in [6, 6.07) is -0.725. The molecule has 0 bridgehead atoms. The first-order valence-electron chi connectivity index (χ1n) is 5.41. The van der Waals surface area contributed by atoms with Crippen molar-refractivity contribution in [2.75, 3.05) is 20.6 Å². The Balaban J connectivity index is 4.45. The number of carbonyl (C=O) groups is 3. The number of primary amides is 1. The van der Waals surface area contributed by atoms with Gasteiger partial charge >= 0.3 is 11.8 Å². The molecule has 0 unspecified atom stereocenters. The summed E-state index contributed by atoms with van der Waals surface area (Å²) in [7, 11) is 3.16. The second-order valence-corrected chi connectivity index (χ2v) is 3.91. The number of unbranched alkanes of at least 4 members (excludes halogenated alkanes) is 1. The number of nitrogens with zero attached hydrogens (tertiary/aromatic N) is 1. The van der Waals surface area contributed by atoms with Gasteiger partial charge in [0, 0.05) is 14.1 Å². The molecule has 0 aliphatic heterocycles. The highest BCUT2D eigenvalue weighted by Gasteiger charge is 2.23. The monoisotopic (exact) mass is 244 g/mol. The van der Waals surface area contributed by atoms with E-state index in [-0.39, 0.29) is 5.91 Å². The average Bonchev–Trinajstić information content (AvgIpc) is 2.26. The Bertz CT molecular complexity index is 291. The molecule has 0 aliphatic rings. The highest BCUT2D eigenvalue weighted by Crippen LogP contribution is 2.03. The van der Waals surface area contributed by atoms with Crippen molar-refractivity contribution >= 4 is 17.7 Å². The van der Waals surface area contributed by atoms with E-state index in [1.54, 1.807) is 14.1 Å². The molecule has 0 aromatic carbocycles. The summed E-state index contributed by atoms with van der Waals surface area (Å²) in [5, 5.41) is 2.31. The topological polar surface area (TPSA) is 119 Å². The van der Waals surface area contributed by atoms with Crippen LogP contribution in [0.15, 0.2) is 0 Å². The van der Waals surface area contributed by atoms with Crippen LogP contribution in [-0.4, -0.2) is 49.3 Å². The van der Waals surface area contributed by atoms with Crippen LogP contribution in [-0.2, 0) is 14.4 Å². The second kappa shape index (κ2) is 7.61. The number of rotatable bonds is 6. The summed E-state index contributed by atoms with van der Waals surface area (Å²) in [5.41, 5.74) is 10.2. The van der Waals surface area contributed by atoms with E-state index < -0.39 is 17.9 Å². The van der Waals surface area contributed by atoms with Crippen molar-refractivity contribution in [3.05, 3.63) is 0 Å². The predicted octanol–water partition coefficient (Wildman–Crippen LogP) is -1.83.